The lowest BCUT2D eigenvalue weighted by Gasteiger charge is -2.44. The zero-order valence-corrected chi connectivity index (χ0v) is 12.9. The fourth-order valence-electron chi connectivity index (χ4n) is 3.79. The summed E-state index contributed by atoms with van der Waals surface area (Å²) in [6, 6.07) is 5.24. The van der Waals surface area contributed by atoms with Gasteiger partial charge in [0.2, 0.25) is 0 Å². The van der Waals surface area contributed by atoms with Gasteiger partial charge in [-0.1, -0.05) is 24.7 Å². The molecule has 1 aliphatic carbocycles. The number of nitrogens with zero attached hydrogens (tertiary/aromatic N) is 1. The van der Waals surface area contributed by atoms with Gasteiger partial charge in [0, 0.05) is 17.5 Å². The topological polar surface area (TPSA) is 29.3 Å². The highest BCUT2D eigenvalue weighted by molar-refractivity contribution is 7.12. The minimum absolute atomic E-state index is 0.448. The van der Waals surface area contributed by atoms with Crippen LogP contribution >= 0.6 is 11.3 Å². The van der Waals surface area contributed by atoms with Crippen molar-refractivity contribution in [2.75, 3.05) is 13.1 Å². The summed E-state index contributed by atoms with van der Waals surface area (Å²) in [4.78, 5) is 5.35. The molecule has 0 spiro atoms. The Morgan fingerprint density at radius 2 is 2.05 bits per heavy atom. The average Bonchev–Trinajstić information content (AvgIpc) is 2.93. The van der Waals surface area contributed by atoms with E-state index < -0.39 is 0 Å². The summed E-state index contributed by atoms with van der Waals surface area (Å²) in [5.74, 6) is 7.05. The first-order valence-corrected chi connectivity index (χ1v) is 8.70. The lowest BCUT2D eigenvalue weighted by molar-refractivity contribution is 0.0555. The molecule has 2 N–H and O–H groups in total. The SMILES string of the molecule is NCC#Cc1ccc(CN2CCC[C@H]3CCCC[C@H]32)s1. The predicted molar refractivity (Wildman–Crippen MR) is 85.6 cm³/mol. The van der Waals surface area contributed by atoms with E-state index in [1.165, 1.54) is 49.9 Å². The van der Waals surface area contributed by atoms with Gasteiger partial charge in [-0.3, -0.25) is 4.90 Å². The van der Waals surface area contributed by atoms with E-state index in [1.54, 1.807) is 0 Å². The number of rotatable bonds is 2. The molecule has 2 fully saturated rings. The molecule has 0 aromatic carbocycles. The second kappa shape index (κ2) is 6.76. The smallest absolute Gasteiger partial charge is 0.0772 e. The van der Waals surface area contributed by atoms with Crippen LogP contribution in [-0.2, 0) is 6.54 Å². The van der Waals surface area contributed by atoms with E-state index in [0.29, 0.717) is 6.54 Å². The molecule has 1 aromatic heterocycles. The molecule has 1 aromatic rings. The normalized spacial score (nSPS) is 26.6. The van der Waals surface area contributed by atoms with Crippen LogP contribution in [0.2, 0.25) is 0 Å². The Balaban J connectivity index is 1.65. The zero-order chi connectivity index (χ0) is 13.8. The van der Waals surface area contributed by atoms with Crippen molar-refractivity contribution in [1.29, 1.82) is 0 Å². The van der Waals surface area contributed by atoms with E-state index in [0.717, 1.165) is 23.4 Å². The molecule has 0 radical (unpaired) electrons. The standard InChI is InChI=1S/C17H24N2S/c18-11-3-7-15-9-10-16(20-15)13-19-12-4-6-14-5-1-2-8-17(14)19/h9-10,14,17H,1-2,4-6,8,11-13,18H2/t14-,17-/m1/s1. The van der Waals surface area contributed by atoms with Crippen molar-refractivity contribution in [3.63, 3.8) is 0 Å². The molecule has 108 valence electrons. The molecule has 0 unspecified atom stereocenters. The highest BCUT2D eigenvalue weighted by atomic mass is 32.1. The Hall–Kier alpha value is -0.820. The Kier molecular flexibility index (Phi) is 4.77. The Labute approximate surface area is 126 Å². The van der Waals surface area contributed by atoms with Gasteiger partial charge in [-0.2, -0.15) is 0 Å². The van der Waals surface area contributed by atoms with Gasteiger partial charge in [-0.15, -0.1) is 11.3 Å². The highest BCUT2D eigenvalue weighted by Crippen LogP contribution is 2.36. The second-order valence-corrected chi connectivity index (χ2v) is 7.16. The third-order valence-electron chi connectivity index (χ3n) is 4.69. The fraction of sp³-hybridized carbons (Fsp3) is 0.647. The molecule has 3 rings (SSSR count). The maximum atomic E-state index is 5.43. The van der Waals surface area contributed by atoms with E-state index in [4.69, 9.17) is 5.73 Å². The fourth-order valence-corrected chi connectivity index (χ4v) is 4.70. The first-order valence-electron chi connectivity index (χ1n) is 7.88. The van der Waals surface area contributed by atoms with Gasteiger partial charge in [0.1, 0.15) is 0 Å². The van der Waals surface area contributed by atoms with Crippen LogP contribution in [0.15, 0.2) is 12.1 Å². The molecule has 1 aliphatic heterocycles. The van der Waals surface area contributed by atoms with Crippen molar-refractivity contribution in [1.82, 2.24) is 4.90 Å². The van der Waals surface area contributed by atoms with Crippen molar-refractivity contribution >= 4 is 11.3 Å². The third-order valence-corrected chi connectivity index (χ3v) is 5.68. The minimum atomic E-state index is 0.448. The van der Waals surface area contributed by atoms with Crippen LogP contribution in [0.3, 0.4) is 0 Å². The lowest BCUT2D eigenvalue weighted by Crippen LogP contribution is -2.46. The van der Waals surface area contributed by atoms with E-state index in [-0.39, 0.29) is 0 Å². The van der Waals surface area contributed by atoms with Crippen molar-refractivity contribution in [2.24, 2.45) is 11.7 Å². The van der Waals surface area contributed by atoms with Crippen LogP contribution in [-0.4, -0.2) is 24.0 Å². The maximum absolute atomic E-state index is 5.43. The van der Waals surface area contributed by atoms with E-state index in [1.807, 2.05) is 11.3 Å². The minimum Gasteiger partial charge on any atom is -0.320 e. The molecule has 2 atom stereocenters. The summed E-state index contributed by atoms with van der Waals surface area (Å²) in [7, 11) is 0. The number of piperidine rings is 1. The molecular weight excluding hydrogens is 264 g/mol. The molecule has 1 saturated carbocycles. The summed E-state index contributed by atoms with van der Waals surface area (Å²) in [6.07, 6.45) is 8.59. The van der Waals surface area contributed by atoms with Gasteiger partial charge >= 0.3 is 0 Å². The van der Waals surface area contributed by atoms with Gasteiger partial charge in [0.05, 0.1) is 11.4 Å². The Bertz CT molecular complexity index is 495. The van der Waals surface area contributed by atoms with E-state index >= 15 is 0 Å². The van der Waals surface area contributed by atoms with Crippen molar-refractivity contribution < 1.29 is 0 Å². The van der Waals surface area contributed by atoms with E-state index in [9.17, 15) is 0 Å². The molecule has 0 bridgehead atoms. The third kappa shape index (κ3) is 3.25. The molecule has 20 heavy (non-hydrogen) atoms. The van der Waals surface area contributed by atoms with Crippen molar-refractivity contribution in [3.8, 4) is 11.8 Å². The Morgan fingerprint density at radius 3 is 2.95 bits per heavy atom. The zero-order valence-electron chi connectivity index (χ0n) is 12.1. The molecular formula is C17H24N2S. The largest absolute Gasteiger partial charge is 0.320 e. The summed E-state index contributed by atoms with van der Waals surface area (Å²) >= 11 is 1.84. The lowest BCUT2D eigenvalue weighted by atomic mass is 9.78. The van der Waals surface area contributed by atoms with Gasteiger partial charge in [-0.25, -0.2) is 0 Å². The maximum Gasteiger partial charge on any atom is 0.0772 e. The van der Waals surface area contributed by atoms with Gasteiger partial charge in [-0.05, 0) is 50.3 Å². The first-order chi connectivity index (χ1) is 9.86. The van der Waals surface area contributed by atoms with Crippen LogP contribution in [0.4, 0.5) is 0 Å². The molecule has 1 saturated heterocycles. The van der Waals surface area contributed by atoms with Gasteiger partial charge < -0.3 is 5.73 Å². The highest BCUT2D eigenvalue weighted by Gasteiger charge is 2.33. The number of hydrogen-bond donors (Lipinski definition) is 1. The van der Waals surface area contributed by atoms with Crippen LogP contribution in [0.5, 0.6) is 0 Å². The number of likely N-dealkylation sites (tertiary alicyclic amines) is 1. The second-order valence-electron chi connectivity index (χ2n) is 6.00. The Morgan fingerprint density at radius 1 is 1.20 bits per heavy atom. The molecule has 2 aliphatic rings. The number of fused-ring (bicyclic) bond motifs is 1. The van der Waals surface area contributed by atoms with Crippen molar-refractivity contribution in [2.45, 2.75) is 51.1 Å². The quantitative estimate of drug-likeness (QED) is 0.847. The van der Waals surface area contributed by atoms with E-state index in [2.05, 4.69) is 28.9 Å². The number of hydrogen-bond acceptors (Lipinski definition) is 3. The van der Waals surface area contributed by atoms with Crippen LogP contribution in [0, 0.1) is 17.8 Å². The molecule has 3 heteroatoms. The monoisotopic (exact) mass is 288 g/mol. The van der Waals surface area contributed by atoms with Crippen molar-refractivity contribution in [3.05, 3.63) is 21.9 Å². The van der Waals surface area contributed by atoms with Gasteiger partial charge in [0.15, 0.2) is 0 Å². The number of thiophene rings is 1. The van der Waals surface area contributed by atoms with Crippen LogP contribution in [0.25, 0.3) is 0 Å². The first kappa shape index (κ1) is 14.1. The predicted octanol–water partition coefficient (Wildman–Crippen LogP) is 3.21. The molecule has 0 amide bonds. The summed E-state index contributed by atoms with van der Waals surface area (Å²) in [5.41, 5.74) is 5.43. The average molecular weight is 288 g/mol. The summed E-state index contributed by atoms with van der Waals surface area (Å²) in [6.45, 7) is 2.85. The number of nitrogens with two attached hydrogens (primary N) is 1. The molecule has 2 nitrogen and oxygen atoms in total. The van der Waals surface area contributed by atoms with Crippen LogP contribution < -0.4 is 5.73 Å². The van der Waals surface area contributed by atoms with Crippen LogP contribution in [0.1, 0.15) is 48.3 Å². The molecule has 2 heterocycles. The summed E-state index contributed by atoms with van der Waals surface area (Å²) in [5, 5.41) is 0. The van der Waals surface area contributed by atoms with Gasteiger partial charge in [0.25, 0.3) is 0 Å². The summed E-state index contributed by atoms with van der Waals surface area (Å²) < 4.78 is 0.